The van der Waals surface area contributed by atoms with Crippen LogP contribution in [0, 0.1) is 0 Å². The third kappa shape index (κ3) is 3.88. The van der Waals surface area contributed by atoms with Gasteiger partial charge in [0.05, 0.1) is 13.2 Å². The van der Waals surface area contributed by atoms with Crippen molar-refractivity contribution in [3.05, 3.63) is 59.1 Å². The van der Waals surface area contributed by atoms with Gasteiger partial charge in [-0.3, -0.25) is 0 Å². The highest BCUT2D eigenvalue weighted by atomic mass is 35.5. The molecule has 2 rings (SSSR count). The molecule has 0 spiro atoms. The molecule has 0 fully saturated rings. The van der Waals surface area contributed by atoms with E-state index >= 15 is 0 Å². The van der Waals surface area contributed by atoms with Gasteiger partial charge in [0.25, 0.3) is 0 Å². The SMILES string of the molecule is OCC(COc1cccc(O)c1)c1ccc(Cl)cc1. The van der Waals surface area contributed by atoms with Crippen molar-refractivity contribution >= 4 is 11.6 Å². The molecule has 100 valence electrons. The van der Waals surface area contributed by atoms with E-state index in [9.17, 15) is 10.2 Å². The van der Waals surface area contributed by atoms with Gasteiger partial charge in [0.2, 0.25) is 0 Å². The van der Waals surface area contributed by atoms with Crippen LogP contribution in [0.2, 0.25) is 5.02 Å². The van der Waals surface area contributed by atoms with E-state index in [2.05, 4.69) is 0 Å². The number of aliphatic hydroxyl groups excluding tert-OH is 1. The standard InChI is InChI=1S/C15H15ClO3/c16-13-6-4-11(5-7-13)12(9-17)10-19-15-3-1-2-14(18)8-15/h1-8,12,17-18H,9-10H2. The molecule has 2 aromatic carbocycles. The molecular formula is C15H15ClO3. The Morgan fingerprint density at radius 2 is 1.84 bits per heavy atom. The molecule has 0 aromatic heterocycles. The van der Waals surface area contributed by atoms with Gasteiger partial charge in [-0.2, -0.15) is 0 Å². The van der Waals surface area contributed by atoms with Gasteiger partial charge in [-0.1, -0.05) is 29.8 Å². The van der Waals surface area contributed by atoms with Gasteiger partial charge in [-0.15, -0.1) is 0 Å². The Bertz CT molecular complexity index is 525. The van der Waals surface area contributed by atoms with Crippen LogP contribution in [0.15, 0.2) is 48.5 Å². The predicted octanol–water partition coefficient (Wildman–Crippen LogP) is 3.20. The molecule has 4 heteroatoms. The van der Waals surface area contributed by atoms with E-state index in [0.29, 0.717) is 17.4 Å². The first kappa shape index (κ1) is 13.7. The Morgan fingerprint density at radius 1 is 1.11 bits per heavy atom. The summed E-state index contributed by atoms with van der Waals surface area (Å²) in [4.78, 5) is 0. The first-order valence-corrected chi connectivity index (χ1v) is 6.35. The summed E-state index contributed by atoms with van der Waals surface area (Å²) in [5.74, 6) is 0.608. The zero-order valence-electron chi connectivity index (χ0n) is 10.3. The van der Waals surface area contributed by atoms with Crippen LogP contribution in [0.5, 0.6) is 11.5 Å². The van der Waals surface area contributed by atoms with Crippen molar-refractivity contribution in [3.8, 4) is 11.5 Å². The number of phenols is 1. The third-order valence-electron chi connectivity index (χ3n) is 2.83. The zero-order chi connectivity index (χ0) is 13.7. The maximum Gasteiger partial charge on any atom is 0.123 e. The van der Waals surface area contributed by atoms with Crippen molar-refractivity contribution in [1.82, 2.24) is 0 Å². The van der Waals surface area contributed by atoms with Crippen LogP contribution in [0.25, 0.3) is 0 Å². The second-order valence-electron chi connectivity index (χ2n) is 4.24. The fraction of sp³-hybridized carbons (Fsp3) is 0.200. The number of ether oxygens (including phenoxy) is 1. The lowest BCUT2D eigenvalue weighted by molar-refractivity contribution is 0.205. The number of aliphatic hydroxyl groups is 1. The average Bonchev–Trinajstić information content (AvgIpc) is 2.41. The summed E-state index contributed by atoms with van der Waals surface area (Å²) >= 11 is 5.83. The minimum absolute atomic E-state index is 0.0134. The molecule has 0 radical (unpaired) electrons. The quantitative estimate of drug-likeness (QED) is 0.883. The Hall–Kier alpha value is -1.71. The van der Waals surface area contributed by atoms with Crippen molar-refractivity contribution in [2.75, 3.05) is 13.2 Å². The summed E-state index contributed by atoms with van der Waals surface area (Å²) < 4.78 is 5.57. The van der Waals surface area contributed by atoms with E-state index in [1.54, 1.807) is 30.3 Å². The van der Waals surface area contributed by atoms with E-state index in [1.807, 2.05) is 12.1 Å². The normalized spacial score (nSPS) is 12.1. The molecule has 0 aliphatic rings. The first-order chi connectivity index (χ1) is 9.19. The summed E-state index contributed by atoms with van der Waals surface area (Å²) in [6.07, 6.45) is 0. The lowest BCUT2D eigenvalue weighted by Crippen LogP contribution is -2.14. The second kappa shape index (κ2) is 6.45. The molecule has 1 atom stereocenters. The Kier molecular flexibility index (Phi) is 4.66. The number of benzene rings is 2. The monoisotopic (exact) mass is 278 g/mol. The van der Waals surface area contributed by atoms with Crippen molar-refractivity contribution in [2.24, 2.45) is 0 Å². The van der Waals surface area contributed by atoms with Crippen LogP contribution < -0.4 is 4.74 Å². The molecule has 0 bridgehead atoms. The van der Waals surface area contributed by atoms with Crippen LogP contribution in [-0.2, 0) is 0 Å². The van der Waals surface area contributed by atoms with Gasteiger partial charge in [-0.05, 0) is 29.8 Å². The Labute approximate surface area is 117 Å². The van der Waals surface area contributed by atoms with E-state index in [-0.39, 0.29) is 18.3 Å². The van der Waals surface area contributed by atoms with Crippen LogP contribution in [0.1, 0.15) is 11.5 Å². The minimum Gasteiger partial charge on any atom is -0.508 e. The van der Waals surface area contributed by atoms with E-state index < -0.39 is 0 Å². The van der Waals surface area contributed by atoms with E-state index in [1.165, 1.54) is 6.07 Å². The predicted molar refractivity (Wildman–Crippen MR) is 74.9 cm³/mol. The molecule has 0 saturated carbocycles. The molecule has 3 nitrogen and oxygen atoms in total. The Balaban J connectivity index is 2.01. The van der Waals surface area contributed by atoms with Crippen LogP contribution in [0.3, 0.4) is 0 Å². The summed E-state index contributed by atoms with van der Waals surface area (Å²) in [5, 5.41) is 19.4. The lowest BCUT2D eigenvalue weighted by Gasteiger charge is -2.16. The Morgan fingerprint density at radius 3 is 2.47 bits per heavy atom. The minimum atomic E-state index is -0.125. The van der Waals surface area contributed by atoms with Gasteiger partial charge in [0.15, 0.2) is 0 Å². The molecule has 0 heterocycles. The molecule has 19 heavy (non-hydrogen) atoms. The molecular weight excluding hydrogens is 264 g/mol. The summed E-state index contributed by atoms with van der Waals surface area (Å²) in [6.45, 7) is 0.321. The average molecular weight is 279 g/mol. The largest absolute Gasteiger partial charge is 0.508 e. The highest BCUT2D eigenvalue weighted by Crippen LogP contribution is 2.22. The third-order valence-corrected chi connectivity index (χ3v) is 3.08. The lowest BCUT2D eigenvalue weighted by atomic mass is 10.0. The van der Waals surface area contributed by atoms with E-state index in [0.717, 1.165) is 5.56 Å². The fourth-order valence-electron chi connectivity index (χ4n) is 1.76. The van der Waals surface area contributed by atoms with Gasteiger partial charge < -0.3 is 14.9 Å². The second-order valence-corrected chi connectivity index (χ2v) is 4.68. The topological polar surface area (TPSA) is 49.7 Å². The smallest absolute Gasteiger partial charge is 0.123 e. The molecule has 2 N–H and O–H groups in total. The first-order valence-electron chi connectivity index (χ1n) is 5.97. The number of aromatic hydroxyl groups is 1. The van der Waals surface area contributed by atoms with Crippen molar-refractivity contribution in [2.45, 2.75) is 5.92 Å². The maximum atomic E-state index is 9.42. The number of phenolic OH excluding ortho intramolecular Hbond substituents is 1. The van der Waals surface area contributed by atoms with E-state index in [4.69, 9.17) is 16.3 Å². The summed E-state index contributed by atoms with van der Waals surface area (Å²) in [5.41, 5.74) is 0.965. The number of hydrogen-bond acceptors (Lipinski definition) is 3. The number of rotatable bonds is 5. The molecule has 2 aromatic rings. The van der Waals surface area contributed by atoms with Crippen molar-refractivity contribution < 1.29 is 14.9 Å². The van der Waals surface area contributed by atoms with Gasteiger partial charge in [0, 0.05) is 17.0 Å². The number of hydrogen-bond donors (Lipinski definition) is 2. The zero-order valence-corrected chi connectivity index (χ0v) is 11.0. The van der Waals surface area contributed by atoms with Crippen molar-refractivity contribution in [3.63, 3.8) is 0 Å². The molecule has 0 saturated heterocycles. The molecule has 0 aliphatic heterocycles. The molecule has 0 aliphatic carbocycles. The van der Waals surface area contributed by atoms with Crippen LogP contribution >= 0.6 is 11.6 Å². The van der Waals surface area contributed by atoms with Gasteiger partial charge in [0.1, 0.15) is 11.5 Å². The number of halogens is 1. The van der Waals surface area contributed by atoms with Crippen LogP contribution in [-0.4, -0.2) is 23.4 Å². The highest BCUT2D eigenvalue weighted by Gasteiger charge is 2.11. The van der Waals surface area contributed by atoms with Crippen molar-refractivity contribution in [1.29, 1.82) is 0 Å². The van der Waals surface area contributed by atoms with Gasteiger partial charge >= 0.3 is 0 Å². The van der Waals surface area contributed by atoms with Crippen LogP contribution in [0.4, 0.5) is 0 Å². The molecule has 0 amide bonds. The van der Waals surface area contributed by atoms with Gasteiger partial charge in [-0.25, -0.2) is 0 Å². The maximum absolute atomic E-state index is 9.42. The summed E-state index contributed by atoms with van der Waals surface area (Å²) in [7, 11) is 0. The molecule has 1 unspecified atom stereocenters. The fourth-order valence-corrected chi connectivity index (χ4v) is 1.89. The highest BCUT2D eigenvalue weighted by molar-refractivity contribution is 6.30. The summed E-state index contributed by atoms with van der Waals surface area (Å²) in [6, 6.07) is 13.9.